The zero-order valence-electron chi connectivity index (χ0n) is 10.1. The molecular formula is C13H16NO4-. The number of carbonyl (C=O) groups excluding carboxylic acids is 2. The van der Waals surface area contributed by atoms with Crippen LogP contribution in [0.5, 0.6) is 0 Å². The number of carbonyl (C=O) groups is 2. The summed E-state index contributed by atoms with van der Waals surface area (Å²) < 4.78 is 5.21. The average molecular weight is 250 g/mol. The van der Waals surface area contributed by atoms with Gasteiger partial charge >= 0.3 is 0 Å². The van der Waals surface area contributed by atoms with Crippen molar-refractivity contribution in [1.82, 2.24) is 4.90 Å². The molecular weight excluding hydrogens is 234 g/mol. The highest BCUT2D eigenvalue weighted by atomic mass is 16.5. The van der Waals surface area contributed by atoms with E-state index in [1.54, 1.807) is 4.90 Å². The van der Waals surface area contributed by atoms with Gasteiger partial charge in [0.05, 0.1) is 19.1 Å². The van der Waals surface area contributed by atoms with Gasteiger partial charge in [-0.1, -0.05) is 12.2 Å². The Hall–Kier alpha value is -1.36. The van der Waals surface area contributed by atoms with E-state index < -0.39 is 17.8 Å². The summed E-state index contributed by atoms with van der Waals surface area (Å²) in [5.41, 5.74) is 0. The predicted molar refractivity (Wildman–Crippen MR) is 60.1 cm³/mol. The maximum atomic E-state index is 12.5. The van der Waals surface area contributed by atoms with Crippen molar-refractivity contribution >= 4 is 11.9 Å². The van der Waals surface area contributed by atoms with Crippen LogP contribution in [0, 0.1) is 23.7 Å². The fourth-order valence-electron chi connectivity index (χ4n) is 3.47. The monoisotopic (exact) mass is 250 g/mol. The van der Waals surface area contributed by atoms with E-state index in [0.29, 0.717) is 26.3 Å². The van der Waals surface area contributed by atoms with Crippen molar-refractivity contribution < 1.29 is 19.4 Å². The highest BCUT2D eigenvalue weighted by molar-refractivity contribution is 5.86. The van der Waals surface area contributed by atoms with Crippen LogP contribution in [0.3, 0.4) is 0 Å². The number of hydrogen-bond donors (Lipinski definition) is 0. The molecule has 1 amide bonds. The van der Waals surface area contributed by atoms with Crippen molar-refractivity contribution in [3.8, 4) is 0 Å². The predicted octanol–water partition coefficient (Wildman–Crippen LogP) is -0.967. The Morgan fingerprint density at radius 1 is 1.11 bits per heavy atom. The lowest BCUT2D eigenvalue weighted by atomic mass is 9.82. The Morgan fingerprint density at radius 3 is 2.33 bits per heavy atom. The maximum Gasteiger partial charge on any atom is 0.227 e. The van der Waals surface area contributed by atoms with E-state index in [4.69, 9.17) is 4.74 Å². The van der Waals surface area contributed by atoms with Crippen LogP contribution in [-0.2, 0) is 14.3 Å². The molecule has 4 unspecified atom stereocenters. The van der Waals surface area contributed by atoms with Gasteiger partial charge in [-0.25, -0.2) is 0 Å². The molecule has 0 aromatic heterocycles. The molecule has 0 spiro atoms. The molecule has 1 heterocycles. The third-order valence-corrected chi connectivity index (χ3v) is 4.34. The van der Waals surface area contributed by atoms with Gasteiger partial charge in [-0.05, 0) is 18.3 Å². The van der Waals surface area contributed by atoms with E-state index in [2.05, 4.69) is 0 Å². The summed E-state index contributed by atoms with van der Waals surface area (Å²) in [7, 11) is 0. The van der Waals surface area contributed by atoms with Crippen LogP contribution in [0.4, 0.5) is 0 Å². The SMILES string of the molecule is O=C([O-])C1C2C=CC(C2)C1C(=O)N1CCOCC1. The molecule has 3 aliphatic rings. The minimum Gasteiger partial charge on any atom is -0.550 e. The van der Waals surface area contributed by atoms with Crippen molar-refractivity contribution in [2.45, 2.75) is 6.42 Å². The third kappa shape index (κ3) is 1.73. The fraction of sp³-hybridized carbons (Fsp3) is 0.692. The molecule has 2 fully saturated rings. The molecule has 0 aromatic rings. The Labute approximate surface area is 105 Å². The van der Waals surface area contributed by atoms with Gasteiger partial charge in [0.2, 0.25) is 5.91 Å². The van der Waals surface area contributed by atoms with Crippen molar-refractivity contribution in [3.63, 3.8) is 0 Å². The number of morpholine rings is 1. The van der Waals surface area contributed by atoms with E-state index in [-0.39, 0.29) is 17.7 Å². The smallest absolute Gasteiger partial charge is 0.227 e. The van der Waals surface area contributed by atoms with Crippen LogP contribution in [0.2, 0.25) is 0 Å². The summed E-state index contributed by atoms with van der Waals surface area (Å²) in [4.78, 5) is 25.4. The van der Waals surface area contributed by atoms with Gasteiger partial charge in [-0.3, -0.25) is 4.79 Å². The zero-order chi connectivity index (χ0) is 12.7. The molecule has 18 heavy (non-hydrogen) atoms. The molecule has 0 aromatic carbocycles. The van der Waals surface area contributed by atoms with Gasteiger partial charge in [-0.2, -0.15) is 0 Å². The first-order valence-corrected chi connectivity index (χ1v) is 6.44. The van der Waals surface area contributed by atoms with Crippen LogP contribution in [0.15, 0.2) is 12.2 Å². The van der Waals surface area contributed by atoms with Crippen molar-refractivity contribution in [3.05, 3.63) is 12.2 Å². The van der Waals surface area contributed by atoms with Gasteiger partial charge in [0.1, 0.15) is 0 Å². The van der Waals surface area contributed by atoms with Crippen molar-refractivity contribution in [2.75, 3.05) is 26.3 Å². The lowest BCUT2D eigenvalue weighted by molar-refractivity contribution is -0.313. The zero-order valence-corrected chi connectivity index (χ0v) is 10.1. The second-order valence-electron chi connectivity index (χ2n) is 5.26. The summed E-state index contributed by atoms with van der Waals surface area (Å²) in [6.45, 7) is 2.21. The second kappa shape index (κ2) is 4.39. The largest absolute Gasteiger partial charge is 0.550 e. The molecule has 5 nitrogen and oxygen atoms in total. The number of hydrogen-bond acceptors (Lipinski definition) is 4. The topological polar surface area (TPSA) is 69.7 Å². The third-order valence-electron chi connectivity index (χ3n) is 4.34. The molecule has 2 aliphatic carbocycles. The summed E-state index contributed by atoms with van der Waals surface area (Å²) >= 11 is 0. The fourth-order valence-corrected chi connectivity index (χ4v) is 3.47. The van der Waals surface area contributed by atoms with Crippen molar-refractivity contribution in [1.29, 1.82) is 0 Å². The number of aliphatic carboxylic acids is 1. The van der Waals surface area contributed by atoms with Crippen LogP contribution in [0.25, 0.3) is 0 Å². The Bertz CT molecular complexity index is 400. The summed E-state index contributed by atoms with van der Waals surface area (Å²) in [5.74, 6) is -2.13. The lowest BCUT2D eigenvalue weighted by Gasteiger charge is -2.34. The molecule has 1 aliphatic heterocycles. The number of allylic oxidation sites excluding steroid dienone is 2. The van der Waals surface area contributed by atoms with Crippen LogP contribution >= 0.6 is 0 Å². The number of carboxylic acid groups (broad SMARTS) is 1. The maximum absolute atomic E-state index is 12.5. The Kier molecular flexibility index (Phi) is 2.86. The normalized spacial score (nSPS) is 38.1. The number of fused-ring (bicyclic) bond motifs is 2. The quantitative estimate of drug-likeness (QED) is 0.591. The molecule has 98 valence electrons. The number of carboxylic acids is 1. The van der Waals surface area contributed by atoms with E-state index in [1.807, 2.05) is 12.2 Å². The van der Waals surface area contributed by atoms with Gasteiger partial charge < -0.3 is 19.5 Å². The highest BCUT2D eigenvalue weighted by Gasteiger charge is 2.49. The molecule has 1 saturated carbocycles. The molecule has 1 saturated heterocycles. The summed E-state index contributed by atoms with van der Waals surface area (Å²) in [6.07, 6.45) is 4.70. The van der Waals surface area contributed by atoms with Crippen molar-refractivity contribution in [2.24, 2.45) is 23.7 Å². The van der Waals surface area contributed by atoms with E-state index in [9.17, 15) is 14.7 Å². The van der Waals surface area contributed by atoms with E-state index in [1.165, 1.54) is 0 Å². The van der Waals surface area contributed by atoms with Crippen LogP contribution in [0.1, 0.15) is 6.42 Å². The first-order valence-electron chi connectivity index (χ1n) is 6.44. The minimum absolute atomic E-state index is 0.0185. The van der Waals surface area contributed by atoms with Gasteiger partial charge in [0.25, 0.3) is 0 Å². The van der Waals surface area contributed by atoms with Gasteiger partial charge in [0.15, 0.2) is 0 Å². The highest BCUT2D eigenvalue weighted by Crippen LogP contribution is 2.48. The van der Waals surface area contributed by atoms with Gasteiger partial charge in [-0.15, -0.1) is 0 Å². The molecule has 4 atom stereocenters. The van der Waals surface area contributed by atoms with E-state index in [0.717, 1.165) is 6.42 Å². The first kappa shape index (κ1) is 11.7. The molecule has 5 heteroatoms. The lowest BCUT2D eigenvalue weighted by Crippen LogP contribution is -2.49. The number of amides is 1. The molecule has 2 bridgehead atoms. The van der Waals surface area contributed by atoms with Crippen LogP contribution in [-0.4, -0.2) is 43.1 Å². The Balaban J connectivity index is 1.79. The summed E-state index contributed by atoms with van der Waals surface area (Å²) in [6, 6.07) is 0. The number of rotatable bonds is 2. The van der Waals surface area contributed by atoms with E-state index >= 15 is 0 Å². The molecule has 0 radical (unpaired) electrons. The minimum atomic E-state index is -1.08. The standard InChI is InChI=1S/C13H17NO4/c15-12(14-3-5-18-6-4-14)10-8-1-2-9(7-8)11(10)13(16)17/h1-2,8-11H,3-7H2,(H,16,17)/p-1. The average Bonchev–Trinajstić information content (AvgIpc) is 2.99. The summed E-state index contributed by atoms with van der Waals surface area (Å²) in [5, 5.41) is 11.2. The molecule has 0 N–H and O–H groups in total. The Morgan fingerprint density at radius 2 is 1.72 bits per heavy atom. The first-order chi connectivity index (χ1) is 8.68. The van der Waals surface area contributed by atoms with Crippen LogP contribution < -0.4 is 5.11 Å². The number of ether oxygens (including phenoxy) is 1. The number of nitrogens with zero attached hydrogens (tertiary/aromatic N) is 1. The van der Waals surface area contributed by atoms with Gasteiger partial charge in [0, 0.05) is 25.0 Å². The molecule has 3 rings (SSSR count). The second-order valence-corrected chi connectivity index (χ2v) is 5.26.